The van der Waals surface area contributed by atoms with Crippen molar-refractivity contribution in [2.75, 3.05) is 5.73 Å². The van der Waals surface area contributed by atoms with E-state index in [0.29, 0.717) is 21.4 Å². The van der Waals surface area contributed by atoms with Crippen LogP contribution in [0.4, 0.5) is 5.82 Å². The fraction of sp³-hybridized carbons (Fsp3) is 0.0833. The topological polar surface area (TPSA) is 59.1 Å². The van der Waals surface area contributed by atoms with Gasteiger partial charge in [-0.3, -0.25) is 0 Å². The average molecular weight is 269 g/mol. The molecule has 5 heteroatoms. The number of aliphatic hydroxyl groups is 1. The highest BCUT2D eigenvalue weighted by atomic mass is 35.5. The van der Waals surface area contributed by atoms with Gasteiger partial charge in [0.1, 0.15) is 5.82 Å². The highest BCUT2D eigenvalue weighted by Gasteiger charge is 2.11. The van der Waals surface area contributed by atoms with Gasteiger partial charge in [0.15, 0.2) is 0 Å². The van der Waals surface area contributed by atoms with E-state index in [1.807, 2.05) is 6.07 Å². The molecule has 17 heavy (non-hydrogen) atoms. The number of nitrogens with two attached hydrogens (primary N) is 1. The van der Waals surface area contributed by atoms with E-state index in [1.165, 1.54) is 0 Å². The van der Waals surface area contributed by atoms with Gasteiger partial charge in [0, 0.05) is 17.3 Å². The van der Waals surface area contributed by atoms with Crippen LogP contribution in [0, 0.1) is 0 Å². The zero-order valence-electron chi connectivity index (χ0n) is 8.82. The normalized spacial score (nSPS) is 10.5. The van der Waals surface area contributed by atoms with Gasteiger partial charge in [0.2, 0.25) is 0 Å². The predicted octanol–water partition coefficient (Wildman–Crippen LogP) is 3.13. The number of nitrogen functional groups attached to an aromatic ring is 1. The summed E-state index contributed by atoms with van der Waals surface area (Å²) in [5, 5.41) is 10.2. The SMILES string of the molecule is Nc1cc(CO)c(-c2cccc(Cl)c2Cl)cn1. The molecule has 0 spiro atoms. The van der Waals surface area contributed by atoms with Crippen LogP contribution in [0.5, 0.6) is 0 Å². The zero-order valence-corrected chi connectivity index (χ0v) is 10.3. The molecule has 1 aromatic heterocycles. The third kappa shape index (κ3) is 2.36. The number of nitrogens with zero attached hydrogens (tertiary/aromatic N) is 1. The van der Waals surface area contributed by atoms with Crippen LogP contribution in [0.25, 0.3) is 11.1 Å². The van der Waals surface area contributed by atoms with Crippen molar-refractivity contribution in [3.05, 3.63) is 46.1 Å². The molecule has 2 aromatic rings. The molecule has 0 fully saturated rings. The molecule has 3 N–H and O–H groups in total. The summed E-state index contributed by atoms with van der Waals surface area (Å²) in [7, 11) is 0. The fourth-order valence-electron chi connectivity index (χ4n) is 1.60. The Labute approximate surface area is 109 Å². The molecule has 0 aliphatic carbocycles. The Bertz CT molecular complexity index is 558. The Balaban J connectivity index is 2.64. The third-order valence-electron chi connectivity index (χ3n) is 2.42. The molecule has 0 unspecified atom stereocenters. The van der Waals surface area contributed by atoms with Crippen molar-refractivity contribution in [3.8, 4) is 11.1 Å². The monoisotopic (exact) mass is 268 g/mol. The minimum Gasteiger partial charge on any atom is -0.392 e. The molecule has 0 saturated heterocycles. The lowest BCUT2D eigenvalue weighted by Crippen LogP contribution is -1.96. The van der Waals surface area contributed by atoms with Crippen LogP contribution in [0.3, 0.4) is 0 Å². The first kappa shape index (κ1) is 12.2. The van der Waals surface area contributed by atoms with Crippen molar-refractivity contribution < 1.29 is 5.11 Å². The van der Waals surface area contributed by atoms with E-state index in [4.69, 9.17) is 28.9 Å². The first-order valence-corrected chi connectivity index (χ1v) is 5.68. The van der Waals surface area contributed by atoms with E-state index >= 15 is 0 Å². The second-order valence-corrected chi connectivity index (χ2v) is 4.31. The first-order chi connectivity index (χ1) is 8.13. The van der Waals surface area contributed by atoms with Gasteiger partial charge in [-0.2, -0.15) is 0 Å². The molecule has 0 atom stereocenters. The molecular weight excluding hydrogens is 259 g/mol. The maximum atomic E-state index is 9.30. The van der Waals surface area contributed by atoms with E-state index in [2.05, 4.69) is 4.98 Å². The summed E-state index contributed by atoms with van der Waals surface area (Å²) in [5.74, 6) is 0.357. The Morgan fingerprint density at radius 2 is 2.00 bits per heavy atom. The van der Waals surface area contributed by atoms with E-state index in [0.717, 1.165) is 11.1 Å². The molecular formula is C12H10Cl2N2O. The molecule has 0 aliphatic heterocycles. The van der Waals surface area contributed by atoms with Crippen LogP contribution in [-0.4, -0.2) is 10.1 Å². The summed E-state index contributed by atoms with van der Waals surface area (Å²) in [6, 6.07) is 6.94. The summed E-state index contributed by atoms with van der Waals surface area (Å²) >= 11 is 12.1. The maximum absolute atomic E-state index is 9.30. The smallest absolute Gasteiger partial charge is 0.123 e. The van der Waals surface area contributed by atoms with E-state index in [-0.39, 0.29) is 6.61 Å². The van der Waals surface area contributed by atoms with Crippen LogP contribution in [-0.2, 0) is 6.61 Å². The molecule has 2 rings (SSSR count). The molecule has 0 radical (unpaired) electrons. The highest BCUT2D eigenvalue weighted by molar-refractivity contribution is 6.43. The van der Waals surface area contributed by atoms with Gasteiger partial charge in [-0.15, -0.1) is 0 Å². The molecule has 0 bridgehead atoms. The van der Waals surface area contributed by atoms with Crippen LogP contribution in [0.15, 0.2) is 30.5 Å². The summed E-state index contributed by atoms with van der Waals surface area (Å²) in [5.41, 5.74) is 7.70. The number of aliphatic hydroxyl groups excluding tert-OH is 1. The number of halogens is 2. The highest BCUT2D eigenvalue weighted by Crippen LogP contribution is 2.35. The van der Waals surface area contributed by atoms with Crippen LogP contribution in [0.1, 0.15) is 5.56 Å². The van der Waals surface area contributed by atoms with Gasteiger partial charge in [-0.1, -0.05) is 35.3 Å². The second kappa shape index (κ2) is 4.92. The fourth-order valence-corrected chi connectivity index (χ4v) is 2.00. The number of benzene rings is 1. The van der Waals surface area contributed by atoms with Crippen LogP contribution >= 0.6 is 23.2 Å². The number of rotatable bonds is 2. The molecule has 3 nitrogen and oxygen atoms in total. The number of hydrogen-bond donors (Lipinski definition) is 2. The lowest BCUT2D eigenvalue weighted by molar-refractivity contribution is 0.282. The van der Waals surface area contributed by atoms with E-state index in [1.54, 1.807) is 24.4 Å². The van der Waals surface area contributed by atoms with Crippen LogP contribution < -0.4 is 5.73 Å². The first-order valence-electron chi connectivity index (χ1n) is 4.93. The Hall–Kier alpha value is -1.29. The second-order valence-electron chi connectivity index (χ2n) is 3.53. The molecule has 0 amide bonds. The summed E-state index contributed by atoms with van der Waals surface area (Å²) < 4.78 is 0. The van der Waals surface area contributed by atoms with Crippen molar-refractivity contribution in [1.29, 1.82) is 0 Å². The number of anilines is 1. The molecule has 0 aliphatic rings. The number of aromatic nitrogens is 1. The van der Waals surface area contributed by atoms with Gasteiger partial charge in [0.25, 0.3) is 0 Å². The lowest BCUT2D eigenvalue weighted by atomic mass is 10.0. The minimum absolute atomic E-state index is 0.134. The van der Waals surface area contributed by atoms with E-state index in [9.17, 15) is 5.11 Å². The molecule has 1 heterocycles. The Morgan fingerprint density at radius 1 is 1.24 bits per heavy atom. The maximum Gasteiger partial charge on any atom is 0.123 e. The van der Waals surface area contributed by atoms with Crippen molar-refractivity contribution in [1.82, 2.24) is 4.98 Å². The zero-order chi connectivity index (χ0) is 12.4. The number of hydrogen-bond acceptors (Lipinski definition) is 3. The Kier molecular flexibility index (Phi) is 3.52. The predicted molar refractivity (Wildman–Crippen MR) is 70.0 cm³/mol. The Morgan fingerprint density at radius 3 is 2.71 bits per heavy atom. The largest absolute Gasteiger partial charge is 0.392 e. The molecule has 0 saturated carbocycles. The minimum atomic E-state index is -0.134. The van der Waals surface area contributed by atoms with Gasteiger partial charge >= 0.3 is 0 Å². The van der Waals surface area contributed by atoms with Crippen LogP contribution in [0.2, 0.25) is 10.0 Å². The van der Waals surface area contributed by atoms with Crippen molar-refractivity contribution in [3.63, 3.8) is 0 Å². The summed E-state index contributed by atoms with van der Waals surface area (Å²) in [4.78, 5) is 4.00. The standard InChI is InChI=1S/C12H10Cl2N2O/c13-10-3-1-2-8(12(10)14)9-5-16-11(15)4-7(9)6-17/h1-5,17H,6H2,(H2,15,16). The van der Waals surface area contributed by atoms with Crippen molar-refractivity contribution in [2.24, 2.45) is 0 Å². The molecule has 1 aromatic carbocycles. The lowest BCUT2D eigenvalue weighted by Gasteiger charge is -2.10. The quantitative estimate of drug-likeness (QED) is 0.880. The van der Waals surface area contributed by atoms with Gasteiger partial charge < -0.3 is 10.8 Å². The van der Waals surface area contributed by atoms with Crippen molar-refractivity contribution in [2.45, 2.75) is 6.61 Å². The number of pyridine rings is 1. The van der Waals surface area contributed by atoms with E-state index < -0.39 is 0 Å². The molecule has 88 valence electrons. The third-order valence-corrected chi connectivity index (χ3v) is 3.24. The van der Waals surface area contributed by atoms with Gasteiger partial charge in [-0.25, -0.2) is 4.98 Å². The summed E-state index contributed by atoms with van der Waals surface area (Å²) in [6.45, 7) is -0.134. The average Bonchev–Trinajstić information content (AvgIpc) is 2.33. The van der Waals surface area contributed by atoms with Crippen molar-refractivity contribution >= 4 is 29.0 Å². The van der Waals surface area contributed by atoms with Gasteiger partial charge in [0.05, 0.1) is 16.7 Å². The summed E-state index contributed by atoms with van der Waals surface area (Å²) in [6.07, 6.45) is 1.58. The van der Waals surface area contributed by atoms with Gasteiger partial charge in [-0.05, 0) is 17.7 Å².